The molecular formula is C6H8F6N2O6S2. The summed E-state index contributed by atoms with van der Waals surface area (Å²) in [7, 11) is 0. The van der Waals surface area contributed by atoms with Gasteiger partial charge in [0.05, 0.1) is 13.1 Å². The Balaban J connectivity index is 3.50. The molecule has 2 unspecified atom stereocenters. The molecule has 0 radical (unpaired) electrons. The highest BCUT2D eigenvalue weighted by molar-refractivity contribution is 7.77. The Morgan fingerprint density at radius 2 is 1.00 bits per heavy atom. The van der Waals surface area contributed by atoms with Gasteiger partial charge in [-0.15, -0.1) is 0 Å². The largest absolute Gasteiger partial charge is 0.433 e. The van der Waals surface area contributed by atoms with E-state index in [1.807, 2.05) is 0 Å². The Hall–Kier alpha value is -0.360. The van der Waals surface area contributed by atoms with Gasteiger partial charge in [0.15, 0.2) is 0 Å². The van der Waals surface area contributed by atoms with Gasteiger partial charge in [-0.05, 0) is 0 Å². The molecule has 1 aliphatic rings. The lowest BCUT2D eigenvalue weighted by molar-refractivity contribution is -0.368. The average Bonchev–Trinajstić information content (AvgIpc) is 2.28. The minimum absolute atomic E-state index is 0.982. The van der Waals surface area contributed by atoms with E-state index in [1.165, 1.54) is 0 Å². The molecule has 1 saturated heterocycles. The second kappa shape index (κ2) is 5.62. The molecule has 8 nitrogen and oxygen atoms in total. The number of alkyl halides is 6. The lowest BCUT2D eigenvalue weighted by Crippen LogP contribution is -2.78. The molecule has 1 rings (SSSR count). The number of halogens is 6. The molecule has 4 N–H and O–H groups in total. The van der Waals surface area contributed by atoms with Gasteiger partial charge < -0.3 is 10.2 Å². The summed E-state index contributed by atoms with van der Waals surface area (Å²) in [6, 6.07) is 0. The number of β-amino-alcohol motifs (C(OH)–C–C–N with tert-alkyl or cyclic N) is 2. The lowest BCUT2D eigenvalue weighted by Gasteiger charge is -2.51. The molecule has 0 saturated carbocycles. The first-order chi connectivity index (χ1) is 9.58. The van der Waals surface area contributed by atoms with E-state index in [-0.39, 0.29) is 0 Å². The third-order valence-corrected chi connectivity index (χ3v) is 4.45. The molecule has 1 aliphatic heterocycles. The van der Waals surface area contributed by atoms with Crippen LogP contribution in [-0.2, 0) is 22.5 Å². The quantitative estimate of drug-likeness (QED) is 0.373. The van der Waals surface area contributed by atoms with E-state index in [4.69, 9.17) is 9.11 Å². The first-order valence-electron chi connectivity index (χ1n) is 4.93. The van der Waals surface area contributed by atoms with Gasteiger partial charge in [0, 0.05) is 0 Å². The van der Waals surface area contributed by atoms with Crippen molar-refractivity contribution in [3.63, 3.8) is 0 Å². The van der Waals surface area contributed by atoms with Gasteiger partial charge in [0.25, 0.3) is 0 Å². The van der Waals surface area contributed by atoms with Crippen LogP contribution < -0.4 is 0 Å². The van der Waals surface area contributed by atoms with Crippen molar-refractivity contribution in [2.75, 3.05) is 13.1 Å². The van der Waals surface area contributed by atoms with E-state index >= 15 is 0 Å². The Morgan fingerprint density at radius 1 is 0.773 bits per heavy atom. The fourth-order valence-electron chi connectivity index (χ4n) is 1.65. The van der Waals surface area contributed by atoms with Crippen molar-refractivity contribution in [2.45, 2.75) is 23.8 Å². The summed E-state index contributed by atoms with van der Waals surface area (Å²) >= 11 is -7.56. The van der Waals surface area contributed by atoms with Gasteiger partial charge in [-0.3, -0.25) is 9.11 Å². The van der Waals surface area contributed by atoms with Gasteiger partial charge >= 0.3 is 12.4 Å². The van der Waals surface area contributed by atoms with Crippen LogP contribution >= 0.6 is 0 Å². The van der Waals surface area contributed by atoms with Crippen molar-refractivity contribution in [1.82, 2.24) is 8.61 Å². The van der Waals surface area contributed by atoms with Crippen molar-refractivity contribution in [2.24, 2.45) is 0 Å². The molecule has 0 aromatic carbocycles. The standard InChI is InChI=1S/C6H8F6N2O6S2/c7-5(8,9)3(15)1-13(21(17)18)4(16,6(10,11)12)2-14(3)22(19)20/h15-16H,1-2H2,(H,17,18)(H,19,20)/t3-,4-/m1/s1. The van der Waals surface area contributed by atoms with Crippen molar-refractivity contribution in [1.29, 1.82) is 0 Å². The second-order valence-electron chi connectivity index (χ2n) is 4.16. The van der Waals surface area contributed by atoms with E-state index in [1.54, 1.807) is 0 Å². The van der Waals surface area contributed by atoms with Gasteiger partial charge in [0.1, 0.15) is 0 Å². The SMILES string of the molecule is O=S(O)N1C[C@@](O)(C(F)(F)F)N(S(=O)O)C[C@@]1(O)C(F)(F)F. The van der Waals surface area contributed by atoms with Crippen LogP contribution in [0.4, 0.5) is 26.3 Å². The summed E-state index contributed by atoms with van der Waals surface area (Å²) in [4.78, 5) is 0. The second-order valence-corrected chi connectivity index (χ2v) is 5.97. The maximum absolute atomic E-state index is 12.8. The average molecular weight is 382 g/mol. The van der Waals surface area contributed by atoms with Crippen LogP contribution in [0.25, 0.3) is 0 Å². The van der Waals surface area contributed by atoms with Crippen LogP contribution in [0.15, 0.2) is 0 Å². The monoisotopic (exact) mass is 382 g/mol. The molecular weight excluding hydrogens is 374 g/mol. The normalized spacial score (nSPS) is 35.4. The number of nitrogens with zero attached hydrogens (tertiary/aromatic N) is 2. The van der Waals surface area contributed by atoms with Gasteiger partial charge in [0.2, 0.25) is 34.0 Å². The number of piperazine rings is 1. The molecule has 0 bridgehead atoms. The highest BCUT2D eigenvalue weighted by Gasteiger charge is 2.72. The first kappa shape index (κ1) is 19.7. The van der Waals surface area contributed by atoms with Crippen molar-refractivity contribution >= 4 is 22.5 Å². The van der Waals surface area contributed by atoms with Crippen molar-refractivity contribution in [3.8, 4) is 0 Å². The van der Waals surface area contributed by atoms with Crippen LogP contribution in [0.5, 0.6) is 0 Å². The Bertz CT molecular complexity index is 457. The highest BCUT2D eigenvalue weighted by atomic mass is 32.2. The van der Waals surface area contributed by atoms with E-state index < -0.39 is 68.0 Å². The Kier molecular flexibility index (Phi) is 5.03. The number of hydrogen-bond acceptors (Lipinski definition) is 4. The zero-order valence-corrected chi connectivity index (χ0v) is 11.6. The predicted molar refractivity (Wildman–Crippen MR) is 57.0 cm³/mol. The summed E-state index contributed by atoms with van der Waals surface area (Å²) in [5, 5.41) is 18.9. The molecule has 22 heavy (non-hydrogen) atoms. The summed E-state index contributed by atoms with van der Waals surface area (Å²) in [5.41, 5.74) is -8.75. The molecule has 16 heteroatoms. The number of hydrogen-bond donors (Lipinski definition) is 4. The van der Waals surface area contributed by atoms with Crippen LogP contribution in [0, 0.1) is 0 Å². The molecule has 132 valence electrons. The molecule has 0 amide bonds. The first-order valence-corrected chi connectivity index (χ1v) is 7.06. The summed E-state index contributed by atoms with van der Waals surface area (Å²) in [6.07, 6.45) is -11.5. The lowest BCUT2D eigenvalue weighted by atomic mass is 10.1. The summed E-state index contributed by atoms with van der Waals surface area (Å²) in [5.74, 6) is 0. The third-order valence-electron chi connectivity index (χ3n) is 2.84. The summed E-state index contributed by atoms with van der Waals surface area (Å²) < 4.78 is 114. The summed E-state index contributed by atoms with van der Waals surface area (Å²) in [6.45, 7) is -4.61. The molecule has 0 aliphatic carbocycles. The maximum Gasteiger partial charge on any atom is 0.433 e. The number of aliphatic hydroxyl groups is 2. The Morgan fingerprint density at radius 3 is 1.14 bits per heavy atom. The fourth-order valence-corrected chi connectivity index (χ4v) is 3.07. The van der Waals surface area contributed by atoms with E-state index in [0.717, 1.165) is 0 Å². The zero-order valence-electron chi connectivity index (χ0n) is 10.00. The van der Waals surface area contributed by atoms with Gasteiger partial charge in [-0.2, -0.15) is 35.0 Å². The smallest absolute Gasteiger partial charge is 0.366 e. The van der Waals surface area contributed by atoms with Gasteiger partial charge in [-0.25, -0.2) is 8.42 Å². The molecule has 0 spiro atoms. The van der Waals surface area contributed by atoms with E-state index in [0.29, 0.717) is 0 Å². The van der Waals surface area contributed by atoms with E-state index in [2.05, 4.69) is 0 Å². The van der Waals surface area contributed by atoms with Crippen LogP contribution in [0.1, 0.15) is 0 Å². The third kappa shape index (κ3) is 3.01. The minimum Gasteiger partial charge on any atom is -0.366 e. The predicted octanol–water partition coefficient (Wildman–Crippen LogP) is -0.621. The number of rotatable bonds is 2. The molecule has 0 aromatic heterocycles. The Labute approximate surface area is 123 Å². The van der Waals surface area contributed by atoms with Crippen LogP contribution in [-0.4, -0.2) is 73.2 Å². The maximum atomic E-state index is 12.8. The molecule has 1 fully saturated rings. The van der Waals surface area contributed by atoms with E-state index in [9.17, 15) is 45.0 Å². The molecule has 4 atom stereocenters. The minimum atomic E-state index is -5.77. The van der Waals surface area contributed by atoms with Crippen molar-refractivity contribution < 1.29 is 54.1 Å². The fraction of sp³-hybridized carbons (Fsp3) is 1.00. The molecule has 0 aromatic rings. The van der Waals surface area contributed by atoms with Crippen molar-refractivity contribution in [3.05, 3.63) is 0 Å². The topological polar surface area (TPSA) is 122 Å². The van der Waals surface area contributed by atoms with Gasteiger partial charge in [-0.1, -0.05) is 0 Å². The molecule has 1 heterocycles. The zero-order chi connectivity index (χ0) is 17.7. The highest BCUT2D eigenvalue weighted by Crippen LogP contribution is 2.45. The van der Waals surface area contributed by atoms with Crippen LogP contribution in [0.3, 0.4) is 0 Å². The van der Waals surface area contributed by atoms with Crippen LogP contribution in [0.2, 0.25) is 0 Å².